The van der Waals surface area contributed by atoms with E-state index in [0.29, 0.717) is 42.5 Å². The maximum atomic E-state index is 13.8. The zero-order chi connectivity index (χ0) is 18.7. The van der Waals surface area contributed by atoms with Gasteiger partial charge >= 0.3 is 0 Å². The van der Waals surface area contributed by atoms with Crippen LogP contribution in [0.2, 0.25) is 0 Å². The number of halogens is 2. The standard InChI is InChI=1S/C20H23F2N3O/c1-13-10-19(24-14(2)23-13)20(26)25-9-3-4-15(12-25)5-6-16-7-8-17(21)11-18(16)22/h7-8,10-11,15H,3-6,9,12H2,1-2H3/t15-/m0/s1. The van der Waals surface area contributed by atoms with Crippen LogP contribution < -0.4 is 0 Å². The van der Waals surface area contributed by atoms with Crippen molar-refractivity contribution >= 4 is 5.91 Å². The lowest BCUT2D eigenvalue weighted by molar-refractivity contribution is 0.0661. The van der Waals surface area contributed by atoms with E-state index in [1.165, 1.54) is 12.1 Å². The molecule has 1 aliphatic heterocycles. The Kier molecular flexibility index (Phi) is 5.59. The largest absolute Gasteiger partial charge is 0.337 e. The molecule has 0 saturated carbocycles. The number of amides is 1. The smallest absolute Gasteiger partial charge is 0.272 e. The lowest BCUT2D eigenvalue weighted by atomic mass is 9.91. The van der Waals surface area contributed by atoms with Crippen molar-refractivity contribution in [3.05, 3.63) is 58.7 Å². The van der Waals surface area contributed by atoms with Crippen molar-refractivity contribution in [1.82, 2.24) is 14.9 Å². The fourth-order valence-corrected chi connectivity index (χ4v) is 3.56. The van der Waals surface area contributed by atoms with Crippen LogP contribution in [0.15, 0.2) is 24.3 Å². The molecule has 2 heterocycles. The molecule has 0 radical (unpaired) electrons. The summed E-state index contributed by atoms with van der Waals surface area (Å²) in [4.78, 5) is 23.0. The third-order valence-electron chi connectivity index (χ3n) is 4.83. The normalized spacial score (nSPS) is 17.4. The van der Waals surface area contributed by atoms with E-state index in [4.69, 9.17) is 0 Å². The van der Waals surface area contributed by atoms with Crippen molar-refractivity contribution in [2.24, 2.45) is 5.92 Å². The molecule has 0 bridgehead atoms. The van der Waals surface area contributed by atoms with Crippen LogP contribution in [0.3, 0.4) is 0 Å². The number of piperidine rings is 1. The average molecular weight is 359 g/mol. The number of nitrogens with zero attached hydrogens (tertiary/aromatic N) is 3. The monoisotopic (exact) mass is 359 g/mol. The van der Waals surface area contributed by atoms with Crippen molar-refractivity contribution in [1.29, 1.82) is 0 Å². The highest BCUT2D eigenvalue weighted by Gasteiger charge is 2.25. The Balaban J connectivity index is 1.62. The van der Waals surface area contributed by atoms with Gasteiger partial charge in [-0.15, -0.1) is 0 Å². The molecule has 2 aromatic rings. The van der Waals surface area contributed by atoms with Crippen LogP contribution in [0, 0.1) is 31.4 Å². The van der Waals surface area contributed by atoms with Crippen LogP contribution in [0.4, 0.5) is 8.78 Å². The Labute approximate surface area is 152 Å². The lowest BCUT2D eigenvalue weighted by Crippen LogP contribution is -2.40. The zero-order valence-electron chi connectivity index (χ0n) is 15.1. The second-order valence-corrected chi connectivity index (χ2v) is 6.98. The van der Waals surface area contributed by atoms with Gasteiger partial charge in [0.2, 0.25) is 0 Å². The molecule has 3 rings (SSSR count). The third kappa shape index (κ3) is 4.42. The summed E-state index contributed by atoms with van der Waals surface area (Å²) in [5.41, 5.74) is 1.73. The second kappa shape index (κ2) is 7.89. The predicted molar refractivity (Wildman–Crippen MR) is 94.8 cm³/mol. The van der Waals surface area contributed by atoms with Gasteiger partial charge < -0.3 is 4.90 Å². The van der Waals surface area contributed by atoms with E-state index in [9.17, 15) is 13.6 Å². The molecular formula is C20H23F2N3O. The first-order chi connectivity index (χ1) is 12.4. The minimum Gasteiger partial charge on any atom is -0.337 e. The van der Waals surface area contributed by atoms with E-state index in [-0.39, 0.29) is 5.91 Å². The Bertz CT molecular complexity index is 789. The van der Waals surface area contributed by atoms with Gasteiger partial charge in [0.05, 0.1) is 0 Å². The molecule has 1 atom stereocenters. The first-order valence-electron chi connectivity index (χ1n) is 8.98. The third-order valence-corrected chi connectivity index (χ3v) is 4.83. The fourth-order valence-electron chi connectivity index (χ4n) is 3.56. The fraction of sp³-hybridized carbons (Fsp3) is 0.450. The van der Waals surface area contributed by atoms with E-state index in [1.54, 1.807) is 13.0 Å². The Morgan fingerprint density at radius 1 is 1.23 bits per heavy atom. The zero-order valence-corrected chi connectivity index (χ0v) is 15.1. The molecule has 0 spiro atoms. The number of rotatable bonds is 4. The quantitative estimate of drug-likeness (QED) is 0.833. The molecule has 4 nitrogen and oxygen atoms in total. The van der Waals surface area contributed by atoms with Crippen molar-refractivity contribution in [2.75, 3.05) is 13.1 Å². The number of carbonyl (C=O) groups is 1. The number of aromatic nitrogens is 2. The number of carbonyl (C=O) groups excluding carboxylic acids is 1. The maximum absolute atomic E-state index is 13.8. The minimum atomic E-state index is -0.559. The van der Waals surface area contributed by atoms with Gasteiger partial charge in [-0.2, -0.15) is 0 Å². The maximum Gasteiger partial charge on any atom is 0.272 e. The van der Waals surface area contributed by atoms with Crippen molar-refractivity contribution in [3.63, 3.8) is 0 Å². The van der Waals surface area contributed by atoms with Gasteiger partial charge in [0, 0.05) is 24.8 Å². The SMILES string of the molecule is Cc1cc(C(=O)N2CCC[C@@H](CCc3ccc(F)cc3F)C2)nc(C)n1. The molecule has 1 fully saturated rings. The molecule has 0 aliphatic carbocycles. The summed E-state index contributed by atoms with van der Waals surface area (Å²) < 4.78 is 26.8. The molecule has 1 saturated heterocycles. The summed E-state index contributed by atoms with van der Waals surface area (Å²) in [6, 6.07) is 5.43. The van der Waals surface area contributed by atoms with Crippen molar-refractivity contribution in [2.45, 2.75) is 39.5 Å². The Hall–Kier alpha value is -2.37. The highest BCUT2D eigenvalue weighted by atomic mass is 19.1. The van der Waals surface area contributed by atoms with Crippen LogP contribution in [0.5, 0.6) is 0 Å². The van der Waals surface area contributed by atoms with Gasteiger partial charge in [0.1, 0.15) is 23.2 Å². The van der Waals surface area contributed by atoms with Crippen LogP contribution in [0.25, 0.3) is 0 Å². The minimum absolute atomic E-state index is 0.0729. The highest BCUT2D eigenvalue weighted by molar-refractivity contribution is 5.92. The van der Waals surface area contributed by atoms with Crippen LogP contribution >= 0.6 is 0 Å². The van der Waals surface area contributed by atoms with Crippen LogP contribution in [-0.4, -0.2) is 33.9 Å². The predicted octanol–water partition coefficient (Wildman–Crippen LogP) is 3.86. The van der Waals surface area contributed by atoms with Crippen molar-refractivity contribution < 1.29 is 13.6 Å². The van der Waals surface area contributed by atoms with Gasteiger partial charge in [-0.1, -0.05) is 6.07 Å². The van der Waals surface area contributed by atoms with Gasteiger partial charge in [0.15, 0.2) is 0 Å². The van der Waals surface area contributed by atoms with Crippen molar-refractivity contribution in [3.8, 4) is 0 Å². The molecule has 1 aromatic carbocycles. The summed E-state index contributed by atoms with van der Waals surface area (Å²) in [5, 5.41) is 0. The molecule has 0 unspecified atom stereocenters. The van der Waals surface area contributed by atoms with Gasteiger partial charge in [-0.05, 0) is 63.1 Å². The number of likely N-dealkylation sites (tertiary alicyclic amines) is 1. The first kappa shape index (κ1) is 18.4. The topological polar surface area (TPSA) is 46.1 Å². The number of aryl methyl sites for hydroxylation is 3. The first-order valence-corrected chi connectivity index (χ1v) is 8.98. The molecule has 1 aromatic heterocycles. The molecule has 1 amide bonds. The second-order valence-electron chi connectivity index (χ2n) is 6.98. The van der Waals surface area contributed by atoms with E-state index >= 15 is 0 Å². The molecule has 26 heavy (non-hydrogen) atoms. The Morgan fingerprint density at radius 3 is 2.77 bits per heavy atom. The summed E-state index contributed by atoms with van der Waals surface area (Å²) >= 11 is 0. The van der Waals surface area contributed by atoms with Gasteiger partial charge in [0.25, 0.3) is 5.91 Å². The van der Waals surface area contributed by atoms with Crippen LogP contribution in [-0.2, 0) is 6.42 Å². The highest BCUT2D eigenvalue weighted by Crippen LogP contribution is 2.23. The van der Waals surface area contributed by atoms with E-state index in [0.717, 1.165) is 31.0 Å². The average Bonchev–Trinajstić information content (AvgIpc) is 2.60. The van der Waals surface area contributed by atoms with Crippen LogP contribution in [0.1, 0.15) is 46.8 Å². The molecule has 6 heteroatoms. The summed E-state index contributed by atoms with van der Waals surface area (Å²) in [6.07, 6.45) is 3.25. The van der Waals surface area contributed by atoms with Gasteiger partial charge in [-0.25, -0.2) is 18.7 Å². The molecule has 138 valence electrons. The number of hydrogen-bond donors (Lipinski definition) is 0. The Morgan fingerprint density at radius 2 is 2.04 bits per heavy atom. The molecule has 1 aliphatic rings. The van der Waals surface area contributed by atoms with E-state index in [2.05, 4.69) is 9.97 Å². The number of hydrogen-bond acceptors (Lipinski definition) is 3. The number of benzene rings is 1. The van der Waals surface area contributed by atoms with E-state index < -0.39 is 11.6 Å². The van der Waals surface area contributed by atoms with Gasteiger partial charge in [-0.3, -0.25) is 4.79 Å². The van der Waals surface area contributed by atoms with E-state index in [1.807, 2.05) is 11.8 Å². The summed E-state index contributed by atoms with van der Waals surface area (Å²) in [5.74, 6) is -0.233. The lowest BCUT2D eigenvalue weighted by Gasteiger charge is -2.32. The summed E-state index contributed by atoms with van der Waals surface area (Å²) in [6.45, 7) is 4.98. The molecule has 0 N–H and O–H groups in total. The summed E-state index contributed by atoms with van der Waals surface area (Å²) in [7, 11) is 0. The molecular weight excluding hydrogens is 336 g/mol.